The molecule has 0 atom stereocenters. The van der Waals surface area contributed by atoms with Gasteiger partial charge in [0.15, 0.2) is 5.65 Å². The number of nitrogens with one attached hydrogen (secondary N) is 1. The van der Waals surface area contributed by atoms with Gasteiger partial charge in [-0.3, -0.25) is 19.1 Å². The fraction of sp³-hybridized carbons (Fsp3) is 0.227. The Bertz CT molecular complexity index is 1250. The van der Waals surface area contributed by atoms with E-state index in [4.69, 9.17) is 0 Å². The Morgan fingerprint density at radius 1 is 1.13 bits per heavy atom. The summed E-state index contributed by atoms with van der Waals surface area (Å²) in [7, 11) is 1.71. The van der Waals surface area contributed by atoms with E-state index in [2.05, 4.69) is 20.4 Å². The number of hydrogen-bond donors (Lipinski definition) is 1. The molecule has 1 amide bonds. The number of amides is 1. The number of fused-ring (bicyclic) bond motifs is 1. The summed E-state index contributed by atoms with van der Waals surface area (Å²) in [6.07, 6.45) is 3.83. The van der Waals surface area contributed by atoms with Crippen LogP contribution in [0.3, 0.4) is 0 Å². The second-order valence-electron chi connectivity index (χ2n) is 7.07. The molecule has 4 rings (SSSR count). The standard InChI is InChI=1S/C22H22N6O2/c1-15-20-21(28(26-15)17-8-4-3-5-9-17)27(2)22(30)18(25-20)10-11-19(29)24-14-16-7-6-12-23-13-16/h3-9,12-13H,10-11,14H2,1-2H3,(H,24,29). The van der Waals surface area contributed by atoms with Crippen LogP contribution in [0.4, 0.5) is 0 Å². The maximum atomic E-state index is 12.9. The van der Waals surface area contributed by atoms with Crippen molar-refractivity contribution >= 4 is 17.1 Å². The molecule has 0 spiro atoms. The number of nitrogens with zero attached hydrogens (tertiary/aromatic N) is 5. The van der Waals surface area contributed by atoms with E-state index in [1.807, 2.05) is 49.4 Å². The lowest BCUT2D eigenvalue weighted by atomic mass is 10.2. The predicted molar refractivity (Wildman–Crippen MR) is 113 cm³/mol. The monoisotopic (exact) mass is 402 g/mol. The summed E-state index contributed by atoms with van der Waals surface area (Å²) in [6, 6.07) is 13.3. The molecule has 0 radical (unpaired) electrons. The molecule has 0 bridgehead atoms. The molecule has 1 N–H and O–H groups in total. The molecule has 1 aromatic carbocycles. The molecule has 0 aliphatic rings. The Morgan fingerprint density at radius 3 is 2.67 bits per heavy atom. The third kappa shape index (κ3) is 3.84. The van der Waals surface area contributed by atoms with Crippen LogP contribution in [0.5, 0.6) is 0 Å². The van der Waals surface area contributed by atoms with Gasteiger partial charge in [0.1, 0.15) is 11.2 Å². The topological polar surface area (TPSA) is 94.7 Å². The number of carbonyl (C=O) groups is 1. The molecule has 8 nitrogen and oxygen atoms in total. The molecule has 0 fully saturated rings. The van der Waals surface area contributed by atoms with Gasteiger partial charge in [-0.05, 0) is 30.7 Å². The minimum absolute atomic E-state index is 0.139. The molecule has 0 unspecified atom stereocenters. The molecule has 0 aliphatic carbocycles. The van der Waals surface area contributed by atoms with Crippen molar-refractivity contribution in [3.63, 3.8) is 0 Å². The molecule has 0 aliphatic heterocycles. The van der Waals surface area contributed by atoms with Gasteiger partial charge in [-0.2, -0.15) is 5.10 Å². The molecule has 3 heterocycles. The maximum Gasteiger partial charge on any atom is 0.273 e. The second kappa shape index (κ2) is 8.28. The van der Waals surface area contributed by atoms with E-state index < -0.39 is 0 Å². The number of hydrogen-bond acceptors (Lipinski definition) is 5. The van der Waals surface area contributed by atoms with E-state index in [-0.39, 0.29) is 24.3 Å². The quantitative estimate of drug-likeness (QED) is 0.533. The van der Waals surface area contributed by atoms with Crippen LogP contribution in [0.15, 0.2) is 59.7 Å². The summed E-state index contributed by atoms with van der Waals surface area (Å²) >= 11 is 0. The lowest BCUT2D eigenvalue weighted by Gasteiger charge is -2.09. The van der Waals surface area contributed by atoms with Crippen molar-refractivity contribution < 1.29 is 4.79 Å². The van der Waals surface area contributed by atoms with Gasteiger partial charge in [0.2, 0.25) is 5.91 Å². The van der Waals surface area contributed by atoms with Gasteiger partial charge in [-0.25, -0.2) is 9.67 Å². The number of para-hydroxylation sites is 1. The first-order valence-corrected chi connectivity index (χ1v) is 9.71. The molecule has 4 aromatic rings. The molecular formula is C22H22N6O2. The van der Waals surface area contributed by atoms with E-state index in [0.29, 0.717) is 23.4 Å². The minimum atomic E-state index is -0.223. The number of pyridine rings is 1. The van der Waals surface area contributed by atoms with Crippen LogP contribution < -0.4 is 10.9 Å². The van der Waals surface area contributed by atoms with Gasteiger partial charge in [0, 0.05) is 38.8 Å². The van der Waals surface area contributed by atoms with Crippen molar-refractivity contribution in [2.75, 3.05) is 0 Å². The normalized spacial score (nSPS) is 11.0. The van der Waals surface area contributed by atoms with Crippen LogP contribution in [0, 0.1) is 6.92 Å². The SMILES string of the molecule is Cc1nn(-c2ccccc2)c2c1nc(CCC(=O)NCc1cccnc1)c(=O)n2C. The predicted octanol–water partition coefficient (Wildman–Crippen LogP) is 2.07. The summed E-state index contributed by atoms with van der Waals surface area (Å²) in [5.74, 6) is -0.139. The highest BCUT2D eigenvalue weighted by atomic mass is 16.1. The molecule has 0 saturated carbocycles. The van der Waals surface area contributed by atoms with Crippen molar-refractivity contribution in [2.45, 2.75) is 26.3 Å². The highest BCUT2D eigenvalue weighted by Crippen LogP contribution is 2.19. The van der Waals surface area contributed by atoms with Crippen LogP contribution in [-0.4, -0.2) is 30.2 Å². The first kappa shape index (κ1) is 19.5. The van der Waals surface area contributed by atoms with Crippen LogP contribution in [0.1, 0.15) is 23.4 Å². The zero-order valence-corrected chi connectivity index (χ0v) is 16.9. The van der Waals surface area contributed by atoms with Crippen LogP contribution >= 0.6 is 0 Å². The summed E-state index contributed by atoms with van der Waals surface area (Å²) in [4.78, 5) is 33.7. The lowest BCUT2D eigenvalue weighted by molar-refractivity contribution is -0.121. The fourth-order valence-corrected chi connectivity index (χ4v) is 3.35. The van der Waals surface area contributed by atoms with Crippen molar-refractivity contribution in [3.8, 4) is 5.69 Å². The molecule has 3 aromatic heterocycles. The summed E-state index contributed by atoms with van der Waals surface area (Å²) in [5, 5.41) is 7.42. The van der Waals surface area contributed by atoms with Gasteiger partial charge in [0.25, 0.3) is 5.56 Å². The van der Waals surface area contributed by atoms with Gasteiger partial charge >= 0.3 is 0 Å². The Morgan fingerprint density at radius 2 is 1.93 bits per heavy atom. The molecule has 152 valence electrons. The van der Waals surface area contributed by atoms with Crippen molar-refractivity contribution in [1.82, 2.24) is 29.6 Å². The molecule has 8 heteroatoms. The van der Waals surface area contributed by atoms with E-state index in [1.165, 1.54) is 0 Å². The van der Waals surface area contributed by atoms with E-state index >= 15 is 0 Å². The van der Waals surface area contributed by atoms with Crippen LogP contribution in [-0.2, 0) is 24.8 Å². The highest BCUT2D eigenvalue weighted by Gasteiger charge is 2.18. The third-order valence-electron chi connectivity index (χ3n) is 4.92. The molecule has 0 saturated heterocycles. The molecular weight excluding hydrogens is 380 g/mol. The summed E-state index contributed by atoms with van der Waals surface area (Å²) < 4.78 is 3.28. The number of carbonyl (C=O) groups excluding carboxylic acids is 1. The maximum absolute atomic E-state index is 12.9. The average molecular weight is 402 g/mol. The van der Waals surface area contributed by atoms with Gasteiger partial charge in [-0.1, -0.05) is 24.3 Å². The van der Waals surface area contributed by atoms with Crippen molar-refractivity contribution in [3.05, 3.63) is 82.2 Å². The lowest BCUT2D eigenvalue weighted by Crippen LogP contribution is -2.27. The van der Waals surface area contributed by atoms with Gasteiger partial charge in [0.05, 0.1) is 11.4 Å². The second-order valence-corrected chi connectivity index (χ2v) is 7.07. The Balaban J connectivity index is 1.55. The first-order valence-electron chi connectivity index (χ1n) is 9.71. The van der Waals surface area contributed by atoms with E-state index in [0.717, 1.165) is 16.9 Å². The van der Waals surface area contributed by atoms with Crippen molar-refractivity contribution in [1.29, 1.82) is 0 Å². The largest absolute Gasteiger partial charge is 0.352 e. The molecule has 30 heavy (non-hydrogen) atoms. The van der Waals surface area contributed by atoms with Gasteiger partial charge < -0.3 is 5.32 Å². The smallest absolute Gasteiger partial charge is 0.273 e. The summed E-state index contributed by atoms with van der Waals surface area (Å²) in [6.45, 7) is 2.27. The van der Waals surface area contributed by atoms with Crippen LogP contribution in [0.25, 0.3) is 16.9 Å². The van der Waals surface area contributed by atoms with Crippen molar-refractivity contribution in [2.24, 2.45) is 7.05 Å². The zero-order chi connectivity index (χ0) is 21.1. The first-order chi connectivity index (χ1) is 14.5. The zero-order valence-electron chi connectivity index (χ0n) is 16.9. The minimum Gasteiger partial charge on any atom is -0.352 e. The fourth-order valence-electron chi connectivity index (χ4n) is 3.35. The number of rotatable bonds is 6. The van der Waals surface area contributed by atoms with Crippen LogP contribution in [0.2, 0.25) is 0 Å². The number of benzene rings is 1. The highest BCUT2D eigenvalue weighted by molar-refractivity contribution is 5.77. The average Bonchev–Trinajstić information content (AvgIpc) is 3.11. The Hall–Kier alpha value is -3.81. The number of aryl methyl sites for hydroxylation is 3. The Labute approximate surface area is 173 Å². The van der Waals surface area contributed by atoms with E-state index in [9.17, 15) is 9.59 Å². The van der Waals surface area contributed by atoms with Gasteiger partial charge in [-0.15, -0.1) is 0 Å². The number of aromatic nitrogens is 5. The van der Waals surface area contributed by atoms with E-state index in [1.54, 1.807) is 28.7 Å². The third-order valence-corrected chi connectivity index (χ3v) is 4.92. The summed E-state index contributed by atoms with van der Waals surface area (Å²) in [5.41, 5.74) is 3.93. The Kier molecular flexibility index (Phi) is 5.38.